The van der Waals surface area contributed by atoms with Gasteiger partial charge < -0.3 is 0 Å². The Kier molecular flexibility index (Phi) is 3.09. The van der Waals surface area contributed by atoms with Crippen LogP contribution in [-0.4, -0.2) is 16.0 Å². The van der Waals surface area contributed by atoms with Crippen molar-refractivity contribution >= 4 is 18.0 Å². The zero-order chi connectivity index (χ0) is 9.90. The first kappa shape index (κ1) is 10.3. The Bertz CT molecular complexity index is 304. The maximum atomic E-state index is 10.7. The van der Waals surface area contributed by atoms with Gasteiger partial charge in [0.1, 0.15) is 0 Å². The molecule has 0 unspecified atom stereocenters. The van der Waals surface area contributed by atoms with E-state index in [2.05, 4.69) is 25.8 Å². The Morgan fingerprint density at radius 2 is 2.15 bits per heavy atom. The number of aromatic nitrogens is 1. The van der Waals surface area contributed by atoms with Crippen LogP contribution in [0.5, 0.6) is 0 Å². The molecule has 0 N–H and O–H groups in total. The summed E-state index contributed by atoms with van der Waals surface area (Å²) in [5.74, 6) is 0. The van der Waals surface area contributed by atoms with Crippen LogP contribution >= 0.6 is 11.8 Å². The van der Waals surface area contributed by atoms with Crippen molar-refractivity contribution in [3.63, 3.8) is 0 Å². The third kappa shape index (κ3) is 3.19. The summed E-state index contributed by atoms with van der Waals surface area (Å²) >= 11 is 1.68. The molecule has 0 aliphatic rings. The summed E-state index contributed by atoms with van der Waals surface area (Å²) in [6.07, 6.45) is 4.16. The van der Waals surface area contributed by atoms with Crippen molar-refractivity contribution in [1.29, 1.82) is 0 Å². The molecule has 70 valence electrons. The van der Waals surface area contributed by atoms with Crippen LogP contribution in [0.4, 0.5) is 0 Å². The molecule has 1 rings (SSSR count). The molecule has 0 radical (unpaired) electrons. The number of carbonyl (C=O) groups excluding carboxylic acids is 1. The number of hydrogen-bond donors (Lipinski definition) is 0. The van der Waals surface area contributed by atoms with Crippen LogP contribution in [0.1, 0.15) is 31.1 Å². The zero-order valence-corrected chi connectivity index (χ0v) is 8.89. The Labute approximate surface area is 82.8 Å². The number of carbonyl (C=O) groups is 1. The Morgan fingerprint density at radius 3 is 2.69 bits per heavy atom. The molecular formula is C10H13NOS. The minimum atomic E-state index is 0.124. The van der Waals surface area contributed by atoms with E-state index in [1.807, 2.05) is 6.07 Å². The minimum absolute atomic E-state index is 0.124. The highest BCUT2D eigenvalue weighted by Gasteiger charge is 2.14. The molecule has 0 aliphatic carbocycles. The van der Waals surface area contributed by atoms with Gasteiger partial charge in [0, 0.05) is 27.6 Å². The van der Waals surface area contributed by atoms with Gasteiger partial charge in [-0.3, -0.25) is 9.78 Å². The van der Waals surface area contributed by atoms with E-state index in [4.69, 9.17) is 0 Å². The van der Waals surface area contributed by atoms with Crippen LogP contribution < -0.4 is 0 Å². The van der Waals surface area contributed by atoms with Crippen LogP contribution in [0.2, 0.25) is 0 Å². The molecule has 1 aromatic heterocycles. The van der Waals surface area contributed by atoms with E-state index in [1.165, 1.54) is 0 Å². The lowest BCUT2D eigenvalue weighted by Crippen LogP contribution is -2.07. The molecule has 0 aliphatic heterocycles. The average molecular weight is 195 g/mol. The molecule has 0 bridgehead atoms. The number of hydrogen-bond acceptors (Lipinski definition) is 3. The van der Waals surface area contributed by atoms with Gasteiger partial charge in [0.25, 0.3) is 0 Å². The Balaban J connectivity index is 2.94. The number of rotatable bonds is 2. The molecule has 2 nitrogen and oxygen atoms in total. The molecule has 0 amide bonds. The molecule has 1 heterocycles. The van der Waals surface area contributed by atoms with Gasteiger partial charge in [-0.2, -0.15) is 0 Å². The van der Waals surface area contributed by atoms with E-state index in [0.717, 1.165) is 11.2 Å². The molecule has 13 heavy (non-hydrogen) atoms. The third-order valence-electron chi connectivity index (χ3n) is 1.35. The minimum Gasteiger partial charge on any atom is -0.298 e. The van der Waals surface area contributed by atoms with E-state index >= 15 is 0 Å². The number of pyridine rings is 1. The normalized spacial score (nSPS) is 11.3. The van der Waals surface area contributed by atoms with Crippen LogP contribution in [0.15, 0.2) is 23.4 Å². The van der Waals surface area contributed by atoms with Crippen molar-refractivity contribution in [1.82, 2.24) is 4.98 Å². The highest BCUT2D eigenvalue weighted by atomic mass is 32.2. The summed E-state index contributed by atoms with van der Waals surface area (Å²) in [5, 5.41) is 0. The maximum Gasteiger partial charge on any atom is 0.152 e. The average Bonchev–Trinajstić information content (AvgIpc) is 2.02. The molecular weight excluding hydrogens is 182 g/mol. The second-order valence-corrected chi connectivity index (χ2v) is 5.61. The van der Waals surface area contributed by atoms with E-state index < -0.39 is 0 Å². The van der Waals surface area contributed by atoms with Crippen molar-refractivity contribution in [2.45, 2.75) is 30.4 Å². The number of aldehydes is 1. The summed E-state index contributed by atoms with van der Waals surface area (Å²) < 4.78 is 0.124. The first-order chi connectivity index (χ1) is 6.03. The van der Waals surface area contributed by atoms with Crippen molar-refractivity contribution in [3.8, 4) is 0 Å². The molecule has 0 fully saturated rings. The second kappa shape index (κ2) is 3.92. The second-order valence-electron chi connectivity index (χ2n) is 3.75. The molecule has 1 aromatic rings. The Morgan fingerprint density at radius 1 is 1.46 bits per heavy atom. The van der Waals surface area contributed by atoms with Gasteiger partial charge >= 0.3 is 0 Å². The fourth-order valence-electron chi connectivity index (χ4n) is 0.905. The maximum absolute atomic E-state index is 10.7. The van der Waals surface area contributed by atoms with Crippen LogP contribution in [0.3, 0.4) is 0 Å². The molecule has 0 spiro atoms. The first-order valence-electron chi connectivity index (χ1n) is 4.11. The largest absolute Gasteiger partial charge is 0.298 e. The quantitative estimate of drug-likeness (QED) is 0.537. The van der Waals surface area contributed by atoms with Gasteiger partial charge in [0.05, 0.1) is 0 Å². The smallest absolute Gasteiger partial charge is 0.152 e. The monoisotopic (exact) mass is 195 g/mol. The van der Waals surface area contributed by atoms with Crippen molar-refractivity contribution in [2.75, 3.05) is 0 Å². The van der Waals surface area contributed by atoms with Gasteiger partial charge in [-0.25, -0.2) is 0 Å². The van der Waals surface area contributed by atoms with Crippen LogP contribution in [0, 0.1) is 0 Å². The van der Waals surface area contributed by atoms with Gasteiger partial charge in [-0.15, -0.1) is 11.8 Å². The highest BCUT2D eigenvalue weighted by molar-refractivity contribution is 8.00. The fourth-order valence-corrected chi connectivity index (χ4v) is 1.91. The first-order valence-corrected chi connectivity index (χ1v) is 4.93. The zero-order valence-electron chi connectivity index (χ0n) is 8.07. The lowest BCUT2D eigenvalue weighted by Gasteiger charge is -2.18. The highest BCUT2D eigenvalue weighted by Crippen LogP contribution is 2.32. The van der Waals surface area contributed by atoms with Crippen molar-refractivity contribution in [3.05, 3.63) is 24.0 Å². The predicted octanol–water partition coefficient (Wildman–Crippen LogP) is 2.78. The van der Waals surface area contributed by atoms with Gasteiger partial charge in [0.15, 0.2) is 6.29 Å². The standard InChI is InChI=1S/C10H13NOS/c1-10(2,3)13-9-4-5-11-6-8(9)7-12/h4-7H,1-3H3. The van der Waals surface area contributed by atoms with Crippen molar-refractivity contribution < 1.29 is 4.79 Å². The summed E-state index contributed by atoms with van der Waals surface area (Å²) in [6, 6.07) is 1.87. The SMILES string of the molecule is CC(C)(C)Sc1ccncc1C=O. The van der Waals surface area contributed by atoms with Gasteiger partial charge in [-0.05, 0) is 6.07 Å². The lowest BCUT2D eigenvalue weighted by atomic mass is 10.3. The number of nitrogens with zero attached hydrogens (tertiary/aromatic N) is 1. The van der Waals surface area contributed by atoms with Crippen molar-refractivity contribution in [2.24, 2.45) is 0 Å². The summed E-state index contributed by atoms with van der Waals surface area (Å²) in [4.78, 5) is 15.6. The molecule has 0 saturated heterocycles. The third-order valence-corrected chi connectivity index (χ3v) is 2.56. The predicted molar refractivity (Wildman–Crippen MR) is 55.2 cm³/mol. The molecule has 0 saturated carbocycles. The molecule has 0 atom stereocenters. The van der Waals surface area contributed by atoms with Crippen LogP contribution in [0.25, 0.3) is 0 Å². The summed E-state index contributed by atoms with van der Waals surface area (Å²) in [7, 11) is 0. The summed E-state index contributed by atoms with van der Waals surface area (Å²) in [6.45, 7) is 6.35. The van der Waals surface area contributed by atoms with Gasteiger partial charge in [-0.1, -0.05) is 20.8 Å². The van der Waals surface area contributed by atoms with Gasteiger partial charge in [0.2, 0.25) is 0 Å². The molecule has 0 aromatic carbocycles. The lowest BCUT2D eigenvalue weighted by molar-refractivity contribution is 0.112. The van der Waals surface area contributed by atoms with Crippen LogP contribution in [-0.2, 0) is 0 Å². The summed E-state index contributed by atoms with van der Waals surface area (Å²) in [5.41, 5.74) is 0.669. The van der Waals surface area contributed by atoms with E-state index in [1.54, 1.807) is 24.2 Å². The Hall–Kier alpha value is -0.830. The van der Waals surface area contributed by atoms with E-state index in [0.29, 0.717) is 5.56 Å². The molecule has 3 heteroatoms. The van der Waals surface area contributed by atoms with E-state index in [9.17, 15) is 4.79 Å². The van der Waals surface area contributed by atoms with E-state index in [-0.39, 0.29) is 4.75 Å². The fraction of sp³-hybridized carbons (Fsp3) is 0.400. The topological polar surface area (TPSA) is 30.0 Å². The number of thioether (sulfide) groups is 1.